The predicted molar refractivity (Wildman–Crippen MR) is 51.6 cm³/mol. The third-order valence-corrected chi connectivity index (χ3v) is 2.09. The van der Waals surface area contributed by atoms with Crippen LogP contribution in [0.15, 0.2) is 0 Å². The fourth-order valence-corrected chi connectivity index (χ4v) is 1.13. The Morgan fingerprint density at radius 2 is 1.67 bits per heavy atom. The summed E-state index contributed by atoms with van der Waals surface area (Å²) in [5.74, 6) is 0. The van der Waals surface area contributed by atoms with Gasteiger partial charge in [0.2, 0.25) is 0 Å². The van der Waals surface area contributed by atoms with Crippen LogP contribution < -0.4 is 0 Å². The molecule has 0 bridgehead atoms. The summed E-state index contributed by atoms with van der Waals surface area (Å²) in [4.78, 5) is 14.1. The first-order valence-corrected chi connectivity index (χ1v) is 4.88. The van der Waals surface area contributed by atoms with Crippen molar-refractivity contribution in [3.8, 4) is 0 Å². The highest BCUT2D eigenvalue weighted by molar-refractivity contribution is 5.74. The lowest BCUT2D eigenvalue weighted by molar-refractivity contribution is -0.136. The number of carbonyl (C=O) groups is 1. The van der Waals surface area contributed by atoms with E-state index in [1.165, 1.54) is 11.9 Å². The fraction of sp³-hybridized carbons (Fsp3) is 0.889. The van der Waals surface area contributed by atoms with Crippen LogP contribution >= 0.6 is 0 Å². The summed E-state index contributed by atoms with van der Waals surface area (Å²) in [7, 11) is 1.38. The zero-order chi connectivity index (χ0) is 12.1. The van der Waals surface area contributed by atoms with Crippen molar-refractivity contribution >= 4 is 6.03 Å². The molecule has 0 aromatic heterocycles. The molecule has 90 valence electrons. The van der Waals surface area contributed by atoms with Crippen LogP contribution in [-0.2, 0) is 0 Å². The first kappa shape index (κ1) is 14.1. The largest absolute Gasteiger partial charge is 0.390 e. The highest BCUT2D eigenvalue weighted by Gasteiger charge is 2.28. The summed E-state index contributed by atoms with van der Waals surface area (Å²) in [6.07, 6.45) is -5.17. The Morgan fingerprint density at radius 3 is 2.00 bits per heavy atom. The molecule has 0 heterocycles. The lowest BCUT2D eigenvalue weighted by Gasteiger charge is -2.26. The van der Waals surface area contributed by atoms with Crippen molar-refractivity contribution in [2.75, 3.05) is 26.7 Å². The number of rotatable bonds is 4. The standard InChI is InChI=1S/C9H17F3N2O/c1-4-14(5-2)8(15)13(3)7-6-9(10,11)12/h4-7H2,1-3H3. The third-order valence-electron chi connectivity index (χ3n) is 2.09. The Hall–Kier alpha value is -0.940. The molecule has 0 rings (SSSR count). The minimum atomic E-state index is -4.21. The lowest BCUT2D eigenvalue weighted by Crippen LogP contribution is -2.42. The molecule has 0 N–H and O–H groups in total. The van der Waals surface area contributed by atoms with Crippen LogP contribution in [0.2, 0.25) is 0 Å². The Bertz CT molecular complexity index is 202. The molecule has 0 aromatic rings. The van der Waals surface area contributed by atoms with Crippen LogP contribution in [0.3, 0.4) is 0 Å². The molecule has 0 atom stereocenters. The lowest BCUT2D eigenvalue weighted by atomic mass is 10.4. The van der Waals surface area contributed by atoms with Gasteiger partial charge in [-0.25, -0.2) is 4.79 Å². The van der Waals surface area contributed by atoms with Gasteiger partial charge < -0.3 is 9.80 Å². The molecule has 3 nitrogen and oxygen atoms in total. The molecule has 0 spiro atoms. The number of hydrogen-bond acceptors (Lipinski definition) is 1. The number of halogens is 3. The Labute approximate surface area is 87.8 Å². The fourth-order valence-electron chi connectivity index (χ4n) is 1.13. The Kier molecular flexibility index (Phi) is 5.46. The van der Waals surface area contributed by atoms with Gasteiger partial charge in [-0.1, -0.05) is 0 Å². The number of urea groups is 1. The van der Waals surface area contributed by atoms with Gasteiger partial charge in [0.05, 0.1) is 6.42 Å². The first-order valence-electron chi connectivity index (χ1n) is 4.88. The maximum atomic E-state index is 11.9. The maximum Gasteiger partial charge on any atom is 0.390 e. The smallest absolute Gasteiger partial charge is 0.327 e. The van der Waals surface area contributed by atoms with Crippen LogP contribution in [-0.4, -0.2) is 48.7 Å². The predicted octanol–water partition coefficient (Wildman–Crippen LogP) is 2.33. The van der Waals surface area contributed by atoms with Crippen molar-refractivity contribution in [3.63, 3.8) is 0 Å². The van der Waals surface area contributed by atoms with E-state index >= 15 is 0 Å². The van der Waals surface area contributed by atoms with Gasteiger partial charge in [0.15, 0.2) is 0 Å². The van der Waals surface area contributed by atoms with Gasteiger partial charge in [0, 0.05) is 26.7 Å². The molecule has 0 saturated carbocycles. The van der Waals surface area contributed by atoms with E-state index < -0.39 is 12.6 Å². The summed E-state index contributed by atoms with van der Waals surface area (Å²) < 4.78 is 35.7. The quantitative estimate of drug-likeness (QED) is 0.721. The van der Waals surface area contributed by atoms with Gasteiger partial charge in [-0.15, -0.1) is 0 Å². The second-order valence-corrected chi connectivity index (χ2v) is 3.24. The number of amides is 2. The average molecular weight is 226 g/mol. The van der Waals surface area contributed by atoms with E-state index in [0.29, 0.717) is 13.1 Å². The highest BCUT2D eigenvalue weighted by Crippen LogP contribution is 2.19. The number of carbonyl (C=O) groups excluding carboxylic acids is 1. The van der Waals surface area contributed by atoms with Gasteiger partial charge in [-0.05, 0) is 13.8 Å². The van der Waals surface area contributed by atoms with Crippen molar-refractivity contribution in [3.05, 3.63) is 0 Å². The van der Waals surface area contributed by atoms with Crippen LogP contribution in [0.1, 0.15) is 20.3 Å². The molecule has 0 fully saturated rings. The normalized spacial score (nSPS) is 11.3. The SMILES string of the molecule is CCN(CC)C(=O)N(C)CCC(F)(F)F. The van der Waals surface area contributed by atoms with E-state index in [1.54, 1.807) is 13.8 Å². The van der Waals surface area contributed by atoms with E-state index in [1.807, 2.05) is 0 Å². The maximum absolute atomic E-state index is 11.9. The minimum Gasteiger partial charge on any atom is -0.327 e. The third kappa shape index (κ3) is 5.49. The highest BCUT2D eigenvalue weighted by atomic mass is 19.4. The van der Waals surface area contributed by atoms with Crippen molar-refractivity contribution < 1.29 is 18.0 Å². The molecule has 0 aliphatic carbocycles. The first-order chi connectivity index (χ1) is 6.81. The van der Waals surface area contributed by atoms with Gasteiger partial charge in [0.1, 0.15) is 0 Å². The molecule has 6 heteroatoms. The Balaban J connectivity index is 4.09. The summed E-state index contributed by atoms with van der Waals surface area (Å²) >= 11 is 0. The van der Waals surface area contributed by atoms with Gasteiger partial charge in [-0.3, -0.25) is 0 Å². The van der Waals surface area contributed by atoms with E-state index in [4.69, 9.17) is 0 Å². The van der Waals surface area contributed by atoms with E-state index in [0.717, 1.165) is 4.90 Å². The van der Waals surface area contributed by atoms with Crippen molar-refractivity contribution in [2.45, 2.75) is 26.4 Å². The summed E-state index contributed by atoms with van der Waals surface area (Å²) in [5, 5.41) is 0. The Morgan fingerprint density at radius 1 is 1.20 bits per heavy atom. The molecular weight excluding hydrogens is 209 g/mol. The topological polar surface area (TPSA) is 23.6 Å². The van der Waals surface area contributed by atoms with Crippen molar-refractivity contribution in [1.29, 1.82) is 0 Å². The van der Waals surface area contributed by atoms with E-state index in [-0.39, 0.29) is 12.6 Å². The summed E-state index contributed by atoms with van der Waals surface area (Å²) in [6, 6.07) is -0.357. The molecule has 0 radical (unpaired) electrons. The number of nitrogens with zero attached hydrogens (tertiary/aromatic N) is 2. The number of alkyl halides is 3. The van der Waals surface area contributed by atoms with Gasteiger partial charge >= 0.3 is 12.2 Å². The zero-order valence-corrected chi connectivity index (χ0v) is 9.26. The number of hydrogen-bond donors (Lipinski definition) is 0. The zero-order valence-electron chi connectivity index (χ0n) is 9.26. The van der Waals surface area contributed by atoms with Crippen LogP contribution in [0.5, 0.6) is 0 Å². The molecule has 0 unspecified atom stereocenters. The van der Waals surface area contributed by atoms with Crippen LogP contribution in [0, 0.1) is 0 Å². The molecular formula is C9H17F3N2O. The second-order valence-electron chi connectivity index (χ2n) is 3.24. The van der Waals surface area contributed by atoms with Crippen molar-refractivity contribution in [2.24, 2.45) is 0 Å². The minimum absolute atomic E-state index is 0.293. The summed E-state index contributed by atoms with van der Waals surface area (Å²) in [6.45, 7) is 4.30. The van der Waals surface area contributed by atoms with Gasteiger partial charge in [0.25, 0.3) is 0 Å². The molecule has 0 aliphatic heterocycles. The average Bonchev–Trinajstić information content (AvgIpc) is 2.14. The van der Waals surface area contributed by atoms with Crippen molar-refractivity contribution in [1.82, 2.24) is 9.80 Å². The molecule has 0 aliphatic rings. The van der Waals surface area contributed by atoms with E-state index in [2.05, 4.69) is 0 Å². The van der Waals surface area contributed by atoms with Gasteiger partial charge in [-0.2, -0.15) is 13.2 Å². The van der Waals surface area contributed by atoms with Crippen LogP contribution in [0.4, 0.5) is 18.0 Å². The monoisotopic (exact) mass is 226 g/mol. The van der Waals surface area contributed by atoms with E-state index in [9.17, 15) is 18.0 Å². The molecule has 2 amide bonds. The molecule has 0 aromatic carbocycles. The second kappa shape index (κ2) is 5.82. The van der Waals surface area contributed by atoms with Crippen LogP contribution in [0.25, 0.3) is 0 Å². The summed E-state index contributed by atoms with van der Waals surface area (Å²) in [5.41, 5.74) is 0. The molecule has 15 heavy (non-hydrogen) atoms. The molecule has 0 saturated heterocycles.